The molecular weight excluding hydrogens is 447 g/mol. The van der Waals surface area contributed by atoms with E-state index in [4.69, 9.17) is 4.98 Å². The number of aromatic nitrogens is 9. The fourth-order valence-corrected chi connectivity index (χ4v) is 4.82. The number of nitrogens with one attached hydrogen (secondary N) is 3. The first-order valence-electron chi connectivity index (χ1n) is 11.3. The van der Waals surface area contributed by atoms with E-state index in [0.717, 1.165) is 31.0 Å². The Morgan fingerprint density at radius 3 is 2.91 bits per heavy atom. The van der Waals surface area contributed by atoms with Gasteiger partial charge in [-0.25, -0.2) is 9.37 Å². The molecule has 0 spiro atoms. The number of hydrogen-bond donors (Lipinski definition) is 3. The minimum Gasteiger partial charge on any atom is -0.358 e. The van der Waals surface area contributed by atoms with Gasteiger partial charge in [-0.1, -0.05) is 18.2 Å². The highest BCUT2D eigenvalue weighted by molar-refractivity contribution is 5.85. The number of para-hydroxylation sites is 1. The molecule has 1 aliphatic rings. The molecule has 0 aliphatic heterocycles. The van der Waals surface area contributed by atoms with Crippen molar-refractivity contribution in [2.45, 2.75) is 25.3 Å². The Balaban J connectivity index is 1.32. The Kier molecular flexibility index (Phi) is 4.34. The molecule has 0 saturated carbocycles. The lowest BCUT2D eigenvalue weighted by Gasteiger charge is -2.24. The molecule has 1 unspecified atom stereocenters. The van der Waals surface area contributed by atoms with Crippen molar-refractivity contribution >= 4 is 22.5 Å². The maximum Gasteiger partial charge on any atom is 0.228 e. The lowest BCUT2D eigenvalue weighted by atomic mass is 9.91. The molecule has 3 N–H and O–H groups in total. The maximum absolute atomic E-state index is 13.9. The van der Waals surface area contributed by atoms with E-state index < -0.39 is 5.82 Å². The zero-order chi connectivity index (χ0) is 23.4. The zero-order valence-corrected chi connectivity index (χ0v) is 18.4. The molecule has 1 aliphatic carbocycles. The van der Waals surface area contributed by atoms with Crippen molar-refractivity contribution < 1.29 is 4.39 Å². The summed E-state index contributed by atoms with van der Waals surface area (Å²) in [5.74, 6) is 0.419. The van der Waals surface area contributed by atoms with Gasteiger partial charge in [-0.3, -0.25) is 4.98 Å². The summed E-state index contributed by atoms with van der Waals surface area (Å²) in [7, 11) is 0. The first-order chi connectivity index (χ1) is 17.2. The molecule has 0 amide bonds. The van der Waals surface area contributed by atoms with E-state index in [2.05, 4.69) is 59.0 Å². The number of nitrogens with zero attached hydrogens (tertiary/aromatic N) is 7. The smallest absolute Gasteiger partial charge is 0.228 e. The van der Waals surface area contributed by atoms with Crippen LogP contribution in [0.15, 0.2) is 55.1 Å². The van der Waals surface area contributed by atoms with Crippen LogP contribution in [0.5, 0.6) is 0 Å². The second-order valence-corrected chi connectivity index (χ2v) is 8.62. The number of anilines is 1. The maximum atomic E-state index is 13.9. The molecule has 0 fully saturated rings. The molecule has 5 heterocycles. The van der Waals surface area contributed by atoms with Gasteiger partial charge in [0.25, 0.3) is 0 Å². The lowest BCUT2D eigenvalue weighted by molar-refractivity contribution is 0.599. The topological polar surface area (TPSA) is 125 Å². The number of aryl methyl sites for hydroxylation is 1. The lowest BCUT2D eigenvalue weighted by Crippen LogP contribution is -2.29. The van der Waals surface area contributed by atoms with Crippen LogP contribution < -0.4 is 5.32 Å². The van der Waals surface area contributed by atoms with Crippen LogP contribution in [0.1, 0.15) is 17.7 Å². The highest BCUT2D eigenvalue weighted by Gasteiger charge is 2.25. The molecule has 6 aromatic rings. The molecule has 11 heteroatoms. The van der Waals surface area contributed by atoms with Crippen LogP contribution in [-0.2, 0) is 12.8 Å². The van der Waals surface area contributed by atoms with Crippen LogP contribution >= 0.6 is 0 Å². The molecular formula is C24H19FN10. The van der Waals surface area contributed by atoms with Crippen molar-refractivity contribution in [1.29, 1.82) is 0 Å². The van der Waals surface area contributed by atoms with E-state index in [1.54, 1.807) is 23.1 Å². The highest BCUT2D eigenvalue weighted by atomic mass is 19.1. The number of rotatable bonds is 4. The number of halogens is 1. The van der Waals surface area contributed by atoms with Gasteiger partial charge in [-0.2, -0.15) is 30.0 Å². The van der Waals surface area contributed by atoms with Crippen molar-refractivity contribution in [1.82, 2.24) is 45.0 Å². The number of pyridine rings is 1. The van der Waals surface area contributed by atoms with Gasteiger partial charge in [-0.05, 0) is 37.0 Å². The van der Waals surface area contributed by atoms with Gasteiger partial charge in [0.2, 0.25) is 5.95 Å². The molecule has 0 radical (unpaired) electrons. The highest BCUT2D eigenvalue weighted by Crippen LogP contribution is 2.31. The third kappa shape index (κ3) is 3.31. The van der Waals surface area contributed by atoms with Gasteiger partial charge < -0.3 is 10.3 Å². The fourth-order valence-electron chi connectivity index (χ4n) is 4.82. The summed E-state index contributed by atoms with van der Waals surface area (Å²) >= 11 is 0. The molecule has 7 rings (SSSR count). The van der Waals surface area contributed by atoms with E-state index in [1.165, 1.54) is 22.7 Å². The molecule has 10 nitrogen and oxygen atoms in total. The summed E-state index contributed by atoms with van der Waals surface area (Å²) in [5, 5.41) is 20.1. The third-order valence-corrected chi connectivity index (χ3v) is 6.45. The third-order valence-electron chi connectivity index (χ3n) is 6.45. The Labute approximate surface area is 197 Å². The quantitative estimate of drug-likeness (QED) is 0.363. The van der Waals surface area contributed by atoms with E-state index in [0.29, 0.717) is 34.2 Å². The van der Waals surface area contributed by atoms with Gasteiger partial charge in [0.05, 0.1) is 24.2 Å². The van der Waals surface area contributed by atoms with Gasteiger partial charge >= 0.3 is 0 Å². The average Bonchev–Trinajstić information content (AvgIpc) is 3.62. The zero-order valence-electron chi connectivity index (χ0n) is 18.4. The Hall–Kier alpha value is -4.67. The summed E-state index contributed by atoms with van der Waals surface area (Å²) in [4.78, 5) is 16.9. The van der Waals surface area contributed by atoms with Crippen molar-refractivity contribution in [2.24, 2.45) is 0 Å². The summed E-state index contributed by atoms with van der Waals surface area (Å²) in [6, 6.07) is 9.88. The number of benzene rings is 1. The molecule has 1 aromatic carbocycles. The Bertz CT molecular complexity index is 1680. The van der Waals surface area contributed by atoms with Crippen LogP contribution in [0.4, 0.5) is 10.3 Å². The summed E-state index contributed by atoms with van der Waals surface area (Å²) in [6.45, 7) is 0. The van der Waals surface area contributed by atoms with Crippen LogP contribution in [0.2, 0.25) is 0 Å². The van der Waals surface area contributed by atoms with Gasteiger partial charge in [0, 0.05) is 34.4 Å². The predicted octanol–water partition coefficient (Wildman–Crippen LogP) is 3.56. The van der Waals surface area contributed by atoms with E-state index in [1.807, 2.05) is 6.07 Å². The molecule has 0 bridgehead atoms. The van der Waals surface area contributed by atoms with Crippen molar-refractivity contribution in [3.63, 3.8) is 0 Å². The number of hydrogen-bond acceptors (Lipinski definition) is 7. The average molecular weight is 466 g/mol. The van der Waals surface area contributed by atoms with E-state index >= 15 is 0 Å². The number of fused-ring (bicyclic) bond motifs is 4. The van der Waals surface area contributed by atoms with E-state index in [9.17, 15) is 4.39 Å². The van der Waals surface area contributed by atoms with Gasteiger partial charge in [0.1, 0.15) is 11.5 Å². The van der Waals surface area contributed by atoms with Crippen molar-refractivity contribution in [3.8, 4) is 22.6 Å². The SMILES string of the molecule is Fc1cncc(-c2nc(NC3CCc4[nH]c5ccccc5c4C3)n3ncc(-c4cn[nH]n4)c3n2)c1. The molecule has 5 aromatic heterocycles. The standard InChI is InChI=1S/C24H19FN10/c25-14-7-13(9-26-10-14)22-31-23-18(21-12-27-34-33-21)11-28-35(23)24(32-22)29-15-5-6-20-17(8-15)16-3-1-2-4-19(16)30-20/h1-4,7,9-12,15,30H,5-6,8H2,(H,27,33,34)(H,29,31,32). The van der Waals surface area contributed by atoms with Crippen LogP contribution in [0.3, 0.4) is 0 Å². The second kappa shape index (κ2) is 7.69. The first-order valence-corrected chi connectivity index (χ1v) is 11.3. The Morgan fingerprint density at radius 1 is 1.09 bits per heavy atom. The number of H-pyrrole nitrogens is 2. The molecule has 0 saturated heterocycles. The fraction of sp³-hybridized carbons (Fsp3) is 0.167. The minimum atomic E-state index is -0.454. The number of aromatic amines is 2. The normalized spacial score (nSPS) is 15.5. The molecule has 1 atom stereocenters. The van der Waals surface area contributed by atoms with Crippen LogP contribution in [0.25, 0.3) is 39.2 Å². The van der Waals surface area contributed by atoms with Crippen LogP contribution in [-0.4, -0.2) is 51.0 Å². The van der Waals surface area contributed by atoms with Gasteiger partial charge in [0.15, 0.2) is 11.5 Å². The van der Waals surface area contributed by atoms with Gasteiger partial charge in [-0.15, -0.1) is 0 Å². The van der Waals surface area contributed by atoms with Crippen LogP contribution in [0, 0.1) is 5.82 Å². The summed E-state index contributed by atoms with van der Waals surface area (Å²) in [6.07, 6.45) is 8.69. The summed E-state index contributed by atoms with van der Waals surface area (Å²) in [5.41, 5.74) is 6.09. The monoisotopic (exact) mass is 466 g/mol. The largest absolute Gasteiger partial charge is 0.358 e. The molecule has 172 valence electrons. The van der Waals surface area contributed by atoms with Crippen molar-refractivity contribution in [2.75, 3.05) is 5.32 Å². The summed E-state index contributed by atoms with van der Waals surface area (Å²) < 4.78 is 15.6. The van der Waals surface area contributed by atoms with E-state index in [-0.39, 0.29) is 6.04 Å². The first kappa shape index (κ1) is 19.8. The predicted molar refractivity (Wildman–Crippen MR) is 127 cm³/mol. The Morgan fingerprint density at radius 2 is 2.03 bits per heavy atom. The molecule has 35 heavy (non-hydrogen) atoms. The minimum absolute atomic E-state index is 0.137. The second-order valence-electron chi connectivity index (χ2n) is 8.62. The van der Waals surface area contributed by atoms with Crippen molar-refractivity contribution in [3.05, 3.63) is 72.2 Å².